The summed E-state index contributed by atoms with van der Waals surface area (Å²) in [5.41, 5.74) is 8.01. The van der Waals surface area contributed by atoms with Crippen LogP contribution in [0.4, 0.5) is 11.5 Å². The molecule has 0 spiro atoms. The molecule has 5 heteroatoms. The van der Waals surface area contributed by atoms with Crippen molar-refractivity contribution < 1.29 is 0 Å². The molecule has 1 fully saturated rings. The van der Waals surface area contributed by atoms with E-state index in [0.29, 0.717) is 17.9 Å². The molecule has 1 aliphatic heterocycles. The van der Waals surface area contributed by atoms with E-state index in [0.717, 1.165) is 23.7 Å². The Kier molecular flexibility index (Phi) is 4.58. The number of hydrogen-bond donors (Lipinski definition) is 2. The number of rotatable bonds is 5. The summed E-state index contributed by atoms with van der Waals surface area (Å²) in [6, 6.07) is 0.648. The van der Waals surface area contributed by atoms with E-state index < -0.39 is 0 Å². The zero-order valence-corrected chi connectivity index (χ0v) is 13.5. The Morgan fingerprint density at radius 3 is 2.55 bits per heavy atom. The van der Waals surface area contributed by atoms with Crippen molar-refractivity contribution in [1.29, 1.82) is 0 Å². The maximum atomic E-state index is 6.21. The molecule has 0 bridgehead atoms. The van der Waals surface area contributed by atoms with Crippen molar-refractivity contribution >= 4 is 11.5 Å². The minimum absolute atomic E-state index is 0.361. The van der Waals surface area contributed by atoms with Crippen LogP contribution in [-0.4, -0.2) is 40.4 Å². The zero-order valence-electron chi connectivity index (χ0n) is 13.5. The molecule has 2 rings (SSSR count). The lowest BCUT2D eigenvalue weighted by Crippen LogP contribution is -2.29. The Morgan fingerprint density at radius 2 is 2.05 bits per heavy atom. The Hall–Kier alpha value is -1.23. The van der Waals surface area contributed by atoms with Gasteiger partial charge in [-0.15, -0.1) is 0 Å². The first-order valence-electron chi connectivity index (χ1n) is 7.70. The summed E-state index contributed by atoms with van der Waals surface area (Å²) in [5, 5.41) is 8.02. The van der Waals surface area contributed by atoms with Crippen LogP contribution in [0.15, 0.2) is 0 Å². The predicted octanol–water partition coefficient (Wildman–Crippen LogP) is 2.27. The van der Waals surface area contributed by atoms with Gasteiger partial charge in [0, 0.05) is 26.2 Å². The highest BCUT2D eigenvalue weighted by Gasteiger charge is 2.24. The lowest BCUT2D eigenvalue weighted by Gasteiger charge is -2.20. The van der Waals surface area contributed by atoms with Gasteiger partial charge < -0.3 is 16.0 Å². The number of aromatic nitrogens is 2. The molecule has 0 saturated carbocycles. The fourth-order valence-corrected chi connectivity index (χ4v) is 2.94. The van der Waals surface area contributed by atoms with Crippen LogP contribution in [-0.2, 0) is 7.05 Å². The zero-order chi connectivity index (χ0) is 14.9. The van der Waals surface area contributed by atoms with Crippen molar-refractivity contribution in [3.63, 3.8) is 0 Å². The van der Waals surface area contributed by atoms with E-state index in [1.807, 2.05) is 11.7 Å². The largest absolute Gasteiger partial charge is 0.394 e. The molecule has 0 aromatic carbocycles. The molecule has 1 saturated heterocycles. The van der Waals surface area contributed by atoms with Crippen molar-refractivity contribution in [2.75, 3.05) is 30.7 Å². The minimum atomic E-state index is 0.361. The molecule has 0 aliphatic carbocycles. The summed E-state index contributed by atoms with van der Waals surface area (Å²) in [4.78, 5) is 2.54. The minimum Gasteiger partial charge on any atom is -0.394 e. The van der Waals surface area contributed by atoms with E-state index in [-0.39, 0.29) is 0 Å². The summed E-state index contributed by atoms with van der Waals surface area (Å²) >= 11 is 0. The molecule has 1 aliphatic rings. The van der Waals surface area contributed by atoms with Gasteiger partial charge in [-0.3, -0.25) is 4.68 Å². The predicted molar refractivity (Wildman–Crippen MR) is 85.0 cm³/mol. The van der Waals surface area contributed by atoms with Crippen LogP contribution in [0.3, 0.4) is 0 Å². The molecular weight excluding hydrogens is 250 g/mol. The number of nitrogen functional groups attached to an aromatic ring is 1. The fourth-order valence-electron chi connectivity index (χ4n) is 2.94. The highest BCUT2D eigenvalue weighted by Crippen LogP contribution is 2.28. The molecule has 1 atom stereocenters. The number of aryl methyl sites for hydroxylation is 1. The third-order valence-electron chi connectivity index (χ3n) is 4.27. The highest BCUT2D eigenvalue weighted by molar-refractivity contribution is 5.65. The van der Waals surface area contributed by atoms with Gasteiger partial charge in [0.1, 0.15) is 5.82 Å². The van der Waals surface area contributed by atoms with Crippen LogP contribution in [0.1, 0.15) is 45.7 Å². The van der Waals surface area contributed by atoms with E-state index in [4.69, 9.17) is 5.73 Å². The standard InChI is InChI=1S/C15H29N5/c1-10(2)14-13(16)15(19(5)18-14)17-8-12-6-7-20(9-12)11(3)4/h10-12,17H,6-9,16H2,1-5H3. The van der Waals surface area contributed by atoms with Gasteiger partial charge in [0.2, 0.25) is 0 Å². The number of likely N-dealkylation sites (tertiary alicyclic amines) is 1. The molecule has 0 radical (unpaired) electrons. The lowest BCUT2D eigenvalue weighted by atomic mass is 10.1. The van der Waals surface area contributed by atoms with E-state index in [9.17, 15) is 0 Å². The van der Waals surface area contributed by atoms with Crippen molar-refractivity contribution in [3.05, 3.63) is 5.69 Å². The Labute approximate surface area is 122 Å². The van der Waals surface area contributed by atoms with Gasteiger partial charge in [-0.1, -0.05) is 13.8 Å². The van der Waals surface area contributed by atoms with Crippen LogP contribution in [0.5, 0.6) is 0 Å². The molecule has 1 unspecified atom stereocenters. The molecule has 2 heterocycles. The van der Waals surface area contributed by atoms with Crippen LogP contribution in [0.25, 0.3) is 0 Å². The van der Waals surface area contributed by atoms with Gasteiger partial charge in [0.25, 0.3) is 0 Å². The second-order valence-corrected chi connectivity index (χ2v) is 6.55. The first-order valence-corrected chi connectivity index (χ1v) is 7.70. The number of anilines is 2. The summed E-state index contributed by atoms with van der Waals surface area (Å²) in [7, 11) is 1.96. The normalized spacial score (nSPS) is 20.2. The van der Waals surface area contributed by atoms with Crippen molar-refractivity contribution in [2.45, 2.75) is 46.1 Å². The first kappa shape index (κ1) is 15.2. The van der Waals surface area contributed by atoms with Crippen molar-refractivity contribution in [1.82, 2.24) is 14.7 Å². The van der Waals surface area contributed by atoms with E-state index >= 15 is 0 Å². The lowest BCUT2D eigenvalue weighted by molar-refractivity contribution is 0.266. The molecule has 5 nitrogen and oxygen atoms in total. The third-order valence-corrected chi connectivity index (χ3v) is 4.27. The molecule has 1 aromatic heterocycles. The van der Waals surface area contributed by atoms with E-state index in [1.165, 1.54) is 19.5 Å². The van der Waals surface area contributed by atoms with Gasteiger partial charge in [-0.25, -0.2) is 0 Å². The van der Waals surface area contributed by atoms with Crippen molar-refractivity contribution in [3.8, 4) is 0 Å². The summed E-state index contributed by atoms with van der Waals surface area (Å²) < 4.78 is 1.87. The number of nitrogens with one attached hydrogen (secondary N) is 1. The van der Waals surface area contributed by atoms with Gasteiger partial charge in [0.05, 0.1) is 11.4 Å². The molecule has 1 aromatic rings. The van der Waals surface area contributed by atoms with Gasteiger partial charge in [-0.05, 0) is 38.6 Å². The summed E-state index contributed by atoms with van der Waals surface area (Å²) in [6.07, 6.45) is 1.26. The average molecular weight is 279 g/mol. The van der Waals surface area contributed by atoms with Gasteiger partial charge in [-0.2, -0.15) is 5.10 Å². The quantitative estimate of drug-likeness (QED) is 0.868. The summed E-state index contributed by atoms with van der Waals surface area (Å²) in [5.74, 6) is 2.03. The molecule has 0 amide bonds. The maximum Gasteiger partial charge on any atom is 0.147 e. The molecular formula is C15H29N5. The number of hydrogen-bond acceptors (Lipinski definition) is 4. The van der Waals surface area contributed by atoms with Crippen molar-refractivity contribution in [2.24, 2.45) is 13.0 Å². The van der Waals surface area contributed by atoms with E-state index in [2.05, 4.69) is 43.0 Å². The van der Waals surface area contributed by atoms with Gasteiger partial charge >= 0.3 is 0 Å². The highest BCUT2D eigenvalue weighted by atomic mass is 15.3. The molecule has 20 heavy (non-hydrogen) atoms. The Morgan fingerprint density at radius 1 is 1.35 bits per heavy atom. The van der Waals surface area contributed by atoms with Crippen LogP contribution in [0, 0.1) is 5.92 Å². The smallest absolute Gasteiger partial charge is 0.147 e. The molecule has 3 N–H and O–H groups in total. The second kappa shape index (κ2) is 6.04. The molecule has 114 valence electrons. The van der Waals surface area contributed by atoms with Crippen LogP contribution >= 0.6 is 0 Å². The Balaban J connectivity index is 1.95. The van der Waals surface area contributed by atoms with Crippen LogP contribution < -0.4 is 11.1 Å². The number of nitrogens with two attached hydrogens (primary N) is 1. The average Bonchev–Trinajstić information content (AvgIpc) is 2.93. The third kappa shape index (κ3) is 3.08. The second-order valence-electron chi connectivity index (χ2n) is 6.55. The summed E-state index contributed by atoms with van der Waals surface area (Å²) in [6.45, 7) is 12.2. The topological polar surface area (TPSA) is 59.1 Å². The number of nitrogens with zero attached hydrogens (tertiary/aromatic N) is 3. The first-order chi connectivity index (χ1) is 9.40. The maximum absolute atomic E-state index is 6.21. The Bertz CT molecular complexity index is 449. The van der Waals surface area contributed by atoms with Crippen LogP contribution in [0.2, 0.25) is 0 Å². The van der Waals surface area contributed by atoms with E-state index in [1.54, 1.807) is 0 Å². The monoisotopic (exact) mass is 279 g/mol. The van der Waals surface area contributed by atoms with Gasteiger partial charge in [0.15, 0.2) is 0 Å². The SMILES string of the molecule is CC(C)c1nn(C)c(NCC2CCN(C(C)C)C2)c1N. The fraction of sp³-hybridized carbons (Fsp3) is 0.800.